The Bertz CT molecular complexity index is 797. The summed E-state index contributed by atoms with van der Waals surface area (Å²) in [6.45, 7) is 7.82. The zero-order chi connectivity index (χ0) is 21.4. The molecule has 9 heteroatoms. The van der Waals surface area contributed by atoms with Gasteiger partial charge < -0.3 is 25.5 Å². The zero-order valence-electron chi connectivity index (χ0n) is 16.5. The van der Waals surface area contributed by atoms with Crippen molar-refractivity contribution in [1.82, 2.24) is 0 Å². The summed E-state index contributed by atoms with van der Waals surface area (Å²) in [7, 11) is 0. The van der Waals surface area contributed by atoms with E-state index in [1.807, 2.05) is 39.8 Å². The van der Waals surface area contributed by atoms with Crippen LogP contribution in [0.1, 0.15) is 38.8 Å². The molecule has 0 N–H and O–H groups in total. The summed E-state index contributed by atoms with van der Waals surface area (Å²) in [5, 5.41) is 38.3. The fourth-order valence-electron chi connectivity index (χ4n) is 1.95. The third kappa shape index (κ3) is 8.33. The summed E-state index contributed by atoms with van der Waals surface area (Å²) in [6, 6.07) is 13.6. The first-order chi connectivity index (χ1) is 13.0. The zero-order valence-corrected chi connectivity index (χ0v) is 17.7. The molecule has 0 heterocycles. The van der Waals surface area contributed by atoms with Crippen molar-refractivity contribution in [2.24, 2.45) is 9.98 Å². The standard InChI is InChI=1S/C20H24N2O2.Mn.NO3/c1-19(2,21-13-15-9-5-7-11-17(15)23)20(3,4)22-14-16-10-6-8-12-18(16)24;;2-1(3)4/h5-14,23-24H,1-4H3;;/q;+3;-1/p-2. The number of hydrogen-bond donors (Lipinski definition) is 0. The summed E-state index contributed by atoms with van der Waals surface area (Å²) in [5.74, 6) is -0.114. The summed E-state index contributed by atoms with van der Waals surface area (Å²) >= 11 is 0. The number of hydrogen-bond acceptors (Lipinski definition) is 7. The molecule has 0 aliphatic carbocycles. The predicted molar refractivity (Wildman–Crippen MR) is 105 cm³/mol. The van der Waals surface area contributed by atoms with Crippen molar-refractivity contribution in [1.29, 1.82) is 0 Å². The van der Waals surface area contributed by atoms with Crippen molar-refractivity contribution in [2.45, 2.75) is 38.8 Å². The van der Waals surface area contributed by atoms with Gasteiger partial charge >= 0.3 is 17.1 Å². The van der Waals surface area contributed by atoms with Gasteiger partial charge in [-0.05, 0) is 38.8 Å². The van der Waals surface area contributed by atoms with E-state index in [9.17, 15) is 10.2 Å². The van der Waals surface area contributed by atoms with Gasteiger partial charge in [0.15, 0.2) is 0 Å². The maximum Gasteiger partial charge on any atom is 3.00 e. The van der Waals surface area contributed by atoms with E-state index in [4.69, 9.17) is 15.3 Å². The van der Waals surface area contributed by atoms with Gasteiger partial charge in [0.2, 0.25) is 0 Å². The van der Waals surface area contributed by atoms with Crippen molar-refractivity contribution in [3.05, 3.63) is 75.0 Å². The molecule has 0 radical (unpaired) electrons. The molecular weight excluding hydrogens is 417 g/mol. The van der Waals surface area contributed by atoms with Crippen LogP contribution in [0.4, 0.5) is 0 Å². The van der Waals surface area contributed by atoms with Crippen LogP contribution in [0.3, 0.4) is 0 Å². The molecule has 154 valence electrons. The summed E-state index contributed by atoms with van der Waals surface area (Å²) in [4.78, 5) is 17.4. The largest absolute Gasteiger partial charge is 3.00 e. The number of para-hydroxylation sites is 2. The minimum Gasteiger partial charge on any atom is -0.872 e. The molecule has 2 aromatic rings. The number of aliphatic imine (C=N–C) groups is 2. The summed E-state index contributed by atoms with van der Waals surface area (Å²) in [6.07, 6.45) is 3.20. The molecule has 8 nitrogen and oxygen atoms in total. The minimum absolute atomic E-state index is 0. The molecule has 0 aliphatic heterocycles. The smallest absolute Gasteiger partial charge is 0.872 e. The van der Waals surface area contributed by atoms with Crippen molar-refractivity contribution in [2.75, 3.05) is 0 Å². The van der Waals surface area contributed by atoms with Crippen molar-refractivity contribution in [3.63, 3.8) is 0 Å². The Morgan fingerprint density at radius 1 is 0.759 bits per heavy atom. The van der Waals surface area contributed by atoms with Crippen LogP contribution in [0.5, 0.6) is 11.5 Å². The van der Waals surface area contributed by atoms with Crippen LogP contribution in [-0.2, 0) is 17.1 Å². The maximum absolute atomic E-state index is 11.8. The Morgan fingerprint density at radius 3 is 1.31 bits per heavy atom. The van der Waals surface area contributed by atoms with Gasteiger partial charge in [0.1, 0.15) is 0 Å². The van der Waals surface area contributed by atoms with Crippen LogP contribution in [0, 0.1) is 15.3 Å². The molecule has 0 aromatic heterocycles. The molecule has 29 heavy (non-hydrogen) atoms. The third-order valence-electron chi connectivity index (χ3n) is 4.39. The third-order valence-corrected chi connectivity index (χ3v) is 4.39. The Morgan fingerprint density at radius 2 is 1.03 bits per heavy atom. The molecule has 0 unspecified atom stereocenters. The van der Waals surface area contributed by atoms with Gasteiger partial charge in [0.05, 0.1) is 16.2 Å². The van der Waals surface area contributed by atoms with E-state index in [-0.39, 0.29) is 28.6 Å². The van der Waals surface area contributed by atoms with Crippen LogP contribution in [-0.4, -0.2) is 28.6 Å². The van der Waals surface area contributed by atoms with E-state index in [1.54, 1.807) is 36.7 Å². The fraction of sp³-hybridized carbons (Fsp3) is 0.300. The molecule has 0 aliphatic rings. The van der Waals surface area contributed by atoms with Gasteiger partial charge in [-0.15, -0.1) is 11.5 Å². The molecule has 0 bridgehead atoms. The first kappa shape index (κ1) is 26.1. The number of rotatable bonds is 5. The van der Waals surface area contributed by atoms with Crippen molar-refractivity contribution >= 4 is 12.4 Å². The average Bonchev–Trinajstić information content (AvgIpc) is 2.60. The maximum atomic E-state index is 11.8. The predicted octanol–water partition coefficient (Wildman–Crippen LogP) is 2.69. The summed E-state index contributed by atoms with van der Waals surface area (Å²) < 4.78 is 0. The van der Waals surface area contributed by atoms with Crippen molar-refractivity contribution < 1.29 is 32.4 Å². The molecule has 0 atom stereocenters. The van der Waals surface area contributed by atoms with Gasteiger partial charge in [0.25, 0.3) is 0 Å². The second kappa shape index (κ2) is 11.2. The Kier molecular flexibility index (Phi) is 10.1. The molecule has 0 spiro atoms. The van der Waals surface area contributed by atoms with Gasteiger partial charge in [-0.1, -0.05) is 48.5 Å². The molecule has 0 amide bonds. The Balaban J connectivity index is 0.00000143. The van der Waals surface area contributed by atoms with E-state index in [0.29, 0.717) is 11.1 Å². The first-order valence-electron chi connectivity index (χ1n) is 8.40. The Labute approximate surface area is 180 Å². The molecular formula is C20H22MnN3O5. The van der Waals surface area contributed by atoms with Crippen LogP contribution in [0.15, 0.2) is 58.5 Å². The molecule has 0 saturated heterocycles. The van der Waals surface area contributed by atoms with Gasteiger partial charge in [-0.3, -0.25) is 9.98 Å². The van der Waals surface area contributed by atoms with E-state index < -0.39 is 16.2 Å². The van der Waals surface area contributed by atoms with Crippen molar-refractivity contribution in [3.8, 4) is 11.5 Å². The van der Waals surface area contributed by atoms with Crippen LogP contribution >= 0.6 is 0 Å². The monoisotopic (exact) mass is 439 g/mol. The van der Waals surface area contributed by atoms with Crippen LogP contribution < -0.4 is 10.2 Å². The van der Waals surface area contributed by atoms with E-state index in [2.05, 4.69) is 9.98 Å². The molecule has 0 fully saturated rings. The van der Waals surface area contributed by atoms with Crippen LogP contribution in [0.2, 0.25) is 0 Å². The second-order valence-electron chi connectivity index (χ2n) is 6.93. The minimum atomic E-state index is -1.75. The van der Waals surface area contributed by atoms with Crippen LogP contribution in [0.25, 0.3) is 0 Å². The average molecular weight is 439 g/mol. The molecule has 2 rings (SSSR count). The fourth-order valence-corrected chi connectivity index (χ4v) is 1.95. The van der Waals surface area contributed by atoms with Gasteiger partial charge in [-0.2, -0.15) is 0 Å². The second-order valence-corrected chi connectivity index (χ2v) is 6.93. The molecule has 0 saturated carbocycles. The first-order valence-corrected chi connectivity index (χ1v) is 8.40. The summed E-state index contributed by atoms with van der Waals surface area (Å²) in [5.41, 5.74) is -0.00162. The quantitative estimate of drug-likeness (QED) is 0.305. The SMILES string of the molecule is CC(C)(N=Cc1ccccc1[O-])C(C)(C)N=Cc1ccccc1[O-].O=[N+]([O-])[O-].[Mn+3]. The van der Waals surface area contributed by atoms with E-state index in [1.165, 1.54) is 12.1 Å². The topological polar surface area (TPSA) is 137 Å². The number of nitrogens with zero attached hydrogens (tertiary/aromatic N) is 3. The molecule has 2 aromatic carbocycles. The normalized spacial score (nSPS) is 11.6. The van der Waals surface area contributed by atoms with E-state index >= 15 is 0 Å². The number of benzene rings is 2. The van der Waals surface area contributed by atoms with E-state index in [0.717, 1.165) is 0 Å². The Hall–Kier alpha value is -2.90. The van der Waals surface area contributed by atoms with Gasteiger partial charge in [-0.25, -0.2) is 0 Å². The van der Waals surface area contributed by atoms with Gasteiger partial charge in [0, 0.05) is 12.4 Å².